The minimum atomic E-state index is -4.85. The van der Waals surface area contributed by atoms with Crippen LogP contribution in [0.3, 0.4) is 0 Å². The summed E-state index contributed by atoms with van der Waals surface area (Å²) >= 11 is 1.33. The standard InChI is InChI=1S/C28H25F7N4O2S/c29-22-14-18(4-5-21(22)28(33,34)35)25(40)38-8-6-17(7-9-38)24-36-23(16-42-24)26(41)39-12-10-37(11-13-39)20-3-1-2-19(15-20)27(30,31)32/h1-5,14-17H,6-13H2. The molecular weight excluding hydrogens is 589 g/mol. The molecule has 0 N–H and O–H groups in total. The molecule has 2 fully saturated rings. The number of rotatable bonds is 4. The van der Waals surface area contributed by atoms with Gasteiger partial charge in [-0.2, -0.15) is 26.3 Å². The number of thiazole rings is 1. The highest BCUT2D eigenvalue weighted by Gasteiger charge is 2.35. The summed E-state index contributed by atoms with van der Waals surface area (Å²) in [6.07, 6.45) is -8.25. The van der Waals surface area contributed by atoms with Gasteiger partial charge in [0.25, 0.3) is 11.8 Å². The Morgan fingerprint density at radius 2 is 1.48 bits per heavy atom. The predicted octanol–water partition coefficient (Wildman–Crippen LogP) is 6.30. The van der Waals surface area contributed by atoms with Crippen molar-refractivity contribution in [1.82, 2.24) is 14.8 Å². The molecule has 224 valence electrons. The van der Waals surface area contributed by atoms with Gasteiger partial charge in [0.2, 0.25) is 0 Å². The maximum absolute atomic E-state index is 13.9. The van der Waals surface area contributed by atoms with E-state index in [-0.39, 0.29) is 23.1 Å². The molecule has 2 saturated heterocycles. The lowest BCUT2D eigenvalue weighted by Gasteiger charge is -2.36. The number of piperazine rings is 1. The number of likely N-dealkylation sites (tertiary alicyclic amines) is 1. The van der Waals surface area contributed by atoms with Gasteiger partial charge in [-0.05, 0) is 49.2 Å². The van der Waals surface area contributed by atoms with Crippen molar-refractivity contribution in [3.63, 3.8) is 0 Å². The largest absolute Gasteiger partial charge is 0.419 e. The quantitative estimate of drug-likeness (QED) is 0.324. The van der Waals surface area contributed by atoms with Crippen LogP contribution in [0.1, 0.15) is 55.7 Å². The van der Waals surface area contributed by atoms with Crippen molar-refractivity contribution in [3.05, 3.63) is 81.1 Å². The number of aromatic nitrogens is 1. The highest BCUT2D eigenvalue weighted by molar-refractivity contribution is 7.09. The van der Waals surface area contributed by atoms with Crippen LogP contribution in [0.15, 0.2) is 47.8 Å². The fourth-order valence-corrected chi connectivity index (χ4v) is 6.14. The summed E-state index contributed by atoms with van der Waals surface area (Å²) in [6, 6.07) is 7.24. The van der Waals surface area contributed by atoms with Gasteiger partial charge in [-0.25, -0.2) is 9.37 Å². The van der Waals surface area contributed by atoms with Crippen molar-refractivity contribution in [2.75, 3.05) is 44.2 Å². The SMILES string of the molecule is O=C(c1ccc(C(F)(F)F)c(F)c1)N1CCC(c2nc(C(=O)N3CCN(c4cccc(C(F)(F)F)c4)CC3)cs2)CC1. The minimum Gasteiger partial charge on any atom is -0.368 e. The molecule has 0 saturated carbocycles. The summed E-state index contributed by atoms with van der Waals surface area (Å²) in [5.41, 5.74) is -1.58. The lowest BCUT2D eigenvalue weighted by atomic mass is 9.97. The van der Waals surface area contributed by atoms with Gasteiger partial charge in [0.1, 0.15) is 11.5 Å². The molecule has 3 aromatic rings. The van der Waals surface area contributed by atoms with Crippen molar-refractivity contribution >= 4 is 28.8 Å². The Bertz CT molecular complexity index is 1460. The van der Waals surface area contributed by atoms with Crippen molar-refractivity contribution in [2.45, 2.75) is 31.1 Å². The van der Waals surface area contributed by atoms with E-state index in [9.17, 15) is 40.3 Å². The molecule has 0 radical (unpaired) electrons. The van der Waals surface area contributed by atoms with E-state index in [4.69, 9.17) is 0 Å². The third kappa shape index (κ3) is 6.37. The second-order valence-corrected chi connectivity index (χ2v) is 11.0. The Morgan fingerprint density at radius 3 is 2.10 bits per heavy atom. The second kappa shape index (κ2) is 11.5. The van der Waals surface area contributed by atoms with Crippen LogP contribution in [0.4, 0.5) is 36.4 Å². The molecule has 2 aliphatic heterocycles. The van der Waals surface area contributed by atoms with E-state index < -0.39 is 35.2 Å². The third-order valence-corrected chi connectivity index (χ3v) is 8.51. The summed E-state index contributed by atoms with van der Waals surface area (Å²) in [7, 11) is 0. The number of hydrogen-bond donors (Lipinski definition) is 0. The van der Waals surface area contributed by atoms with E-state index in [1.807, 2.05) is 0 Å². The van der Waals surface area contributed by atoms with Crippen molar-refractivity contribution < 1.29 is 40.3 Å². The lowest BCUT2D eigenvalue weighted by Crippen LogP contribution is -2.49. The first-order valence-electron chi connectivity index (χ1n) is 13.1. The van der Waals surface area contributed by atoms with Crippen LogP contribution < -0.4 is 4.90 Å². The van der Waals surface area contributed by atoms with Crippen LogP contribution in [0.25, 0.3) is 0 Å². The fraction of sp³-hybridized carbons (Fsp3) is 0.393. The number of carbonyl (C=O) groups is 2. The molecule has 5 rings (SSSR count). The van der Waals surface area contributed by atoms with Gasteiger partial charge in [-0.15, -0.1) is 11.3 Å². The van der Waals surface area contributed by atoms with Crippen LogP contribution >= 0.6 is 11.3 Å². The number of amides is 2. The second-order valence-electron chi connectivity index (χ2n) is 10.2. The van der Waals surface area contributed by atoms with Gasteiger partial charge < -0.3 is 14.7 Å². The van der Waals surface area contributed by atoms with Crippen molar-refractivity contribution in [1.29, 1.82) is 0 Å². The van der Waals surface area contributed by atoms with Crippen LogP contribution in [0, 0.1) is 5.82 Å². The van der Waals surface area contributed by atoms with Crippen molar-refractivity contribution in [2.24, 2.45) is 0 Å². The summed E-state index contributed by atoms with van der Waals surface area (Å²) in [4.78, 5) is 35.3. The van der Waals surface area contributed by atoms with Gasteiger partial charge in [0.05, 0.1) is 16.1 Å². The normalized spacial score (nSPS) is 17.1. The van der Waals surface area contributed by atoms with Gasteiger partial charge in [-0.1, -0.05) is 6.07 Å². The van der Waals surface area contributed by atoms with E-state index in [1.54, 1.807) is 21.2 Å². The fourth-order valence-electron chi connectivity index (χ4n) is 5.17. The third-order valence-electron chi connectivity index (χ3n) is 7.50. The highest BCUT2D eigenvalue weighted by atomic mass is 32.1. The molecule has 6 nitrogen and oxygen atoms in total. The molecule has 2 aromatic carbocycles. The smallest absolute Gasteiger partial charge is 0.368 e. The van der Waals surface area contributed by atoms with E-state index in [0.717, 1.165) is 23.2 Å². The summed E-state index contributed by atoms with van der Waals surface area (Å²) in [5.74, 6) is -2.35. The summed E-state index contributed by atoms with van der Waals surface area (Å²) in [6.45, 7) is 2.00. The zero-order valence-electron chi connectivity index (χ0n) is 22.0. The molecule has 42 heavy (non-hydrogen) atoms. The number of hydrogen-bond acceptors (Lipinski definition) is 5. The maximum Gasteiger partial charge on any atom is 0.419 e. The van der Waals surface area contributed by atoms with Gasteiger partial charge in [0, 0.05) is 61.8 Å². The van der Waals surface area contributed by atoms with E-state index in [1.165, 1.54) is 22.3 Å². The number of carbonyl (C=O) groups excluding carboxylic acids is 2. The Morgan fingerprint density at radius 1 is 0.810 bits per heavy atom. The monoisotopic (exact) mass is 614 g/mol. The highest BCUT2D eigenvalue weighted by Crippen LogP contribution is 2.34. The number of piperidine rings is 1. The van der Waals surface area contributed by atoms with Crippen molar-refractivity contribution in [3.8, 4) is 0 Å². The molecule has 0 aliphatic carbocycles. The predicted molar refractivity (Wildman–Crippen MR) is 141 cm³/mol. The molecule has 0 unspecified atom stereocenters. The van der Waals surface area contributed by atoms with E-state index in [0.29, 0.717) is 69.9 Å². The molecule has 0 spiro atoms. The lowest BCUT2D eigenvalue weighted by molar-refractivity contribution is -0.140. The van der Waals surface area contributed by atoms with Gasteiger partial charge in [-0.3, -0.25) is 9.59 Å². The first kappa shape index (κ1) is 29.8. The number of benzene rings is 2. The zero-order valence-corrected chi connectivity index (χ0v) is 22.8. The van der Waals surface area contributed by atoms with E-state index in [2.05, 4.69) is 4.98 Å². The first-order valence-corrected chi connectivity index (χ1v) is 14.0. The van der Waals surface area contributed by atoms with Crippen LogP contribution in [-0.4, -0.2) is 65.9 Å². The van der Waals surface area contributed by atoms with Gasteiger partial charge >= 0.3 is 12.4 Å². The topological polar surface area (TPSA) is 56.8 Å². The Kier molecular flexibility index (Phi) is 8.19. The Hall–Kier alpha value is -3.68. The summed E-state index contributed by atoms with van der Waals surface area (Å²) < 4.78 is 91.6. The molecule has 3 heterocycles. The number of nitrogens with zero attached hydrogens (tertiary/aromatic N) is 4. The molecule has 0 bridgehead atoms. The molecule has 1 aromatic heterocycles. The Labute approximate surface area is 240 Å². The molecule has 0 atom stereocenters. The van der Waals surface area contributed by atoms with E-state index >= 15 is 0 Å². The molecular formula is C28H25F7N4O2S. The van der Waals surface area contributed by atoms with Crippen LogP contribution in [0.5, 0.6) is 0 Å². The number of alkyl halides is 6. The molecule has 2 aliphatic rings. The first-order chi connectivity index (χ1) is 19.8. The van der Waals surface area contributed by atoms with Crippen LogP contribution in [-0.2, 0) is 12.4 Å². The minimum absolute atomic E-state index is 0.0253. The van der Waals surface area contributed by atoms with Crippen LogP contribution in [0.2, 0.25) is 0 Å². The number of halogens is 7. The molecule has 14 heteroatoms. The average Bonchev–Trinajstić information content (AvgIpc) is 3.46. The number of anilines is 1. The molecule has 2 amide bonds. The Balaban J connectivity index is 1.14. The maximum atomic E-state index is 13.9. The zero-order chi connectivity index (χ0) is 30.2. The summed E-state index contributed by atoms with van der Waals surface area (Å²) in [5, 5.41) is 2.40. The average molecular weight is 615 g/mol. The van der Waals surface area contributed by atoms with Gasteiger partial charge in [0.15, 0.2) is 0 Å².